The van der Waals surface area contributed by atoms with E-state index in [-0.39, 0.29) is 15.8 Å². The first-order chi connectivity index (χ1) is 5.87. The summed E-state index contributed by atoms with van der Waals surface area (Å²) < 4.78 is 5.61. The van der Waals surface area contributed by atoms with Gasteiger partial charge in [0.25, 0.3) is 0 Å². The van der Waals surface area contributed by atoms with Crippen LogP contribution in [0.5, 0.6) is 0 Å². The van der Waals surface area contributed by atoms with Crippen LogP contribution in [0.4, 0.5) is 0 Å². The molecule has 76 valence electrons. The topological polar surface area (TPSA) is 21.3 Å². The fraction of sp³-hybridized carbons (Fsp3) is 1.00. The molecule has 0 aliphatic carbocycles. The van der Waals surface area contributed by atoms with Crippen molar-refractivity contribution in [2.75, 3.05) is 19.0 Å². The largest absolute Gasteiger partial charge is 0.378 e. The zero-order chi connectivity index (χ0) is 9.74. The summed E-state index contributed by atoms with van der Waals surface area (Å²) in [5.74, 6) is 1.18. The van der Waals surface area contributed by atoms with E-state index in [2.05, 4.69) is 33.0 Å². The number of hydrogen-bond donors (Lipinski definition) is 1. The normalized spacial score (nSPS) is 41.5. The van der Waals surface area contributed by atoms with Gasteiger partial charge in [0.15, 0.2) is 0 Å². The second kappa shape index (κ2) is 2.65. The second-order valence-corrected chi connectivity index (χ2v) is 6.78. The van der Waals surface area contributed by atoms with E-state index in [0.717, 1.165) is 13.2 Å². The van der Waals surface area contributed by atoms with Gasteiger partial charge in [0.1, 0.15) is 0 Å². The standard InChI is InChI=1S/C10H19NOS/c1-8(2)5-12-6-10(8)11-9(3,4)7-13-10/h11H,5-7H2,1-4H3. The molecular weight excluding hydrogens is 182 g/mol. The minimum atomic E-state index is 0.163. The molecule has 1 N–H and O–H groups in total. The third kappa shape index (κ3) is 1.41. The van der Waals surface area contributed by atoms with Crippen LogP contribution in [0.2, 0.25) is 0 Å². The number of hydrogen-bond acceptors (Lipinski definition) is 3. The summed E-state index contributed by atoms with van der Waals surface area (Å²) in [7, 11) is 0. The molecule has 0 amide bonds. The van der Waals surface area contributed by atoms with E-state index >= 15 is 0 Å². The predicted molar refractivity (Wildman–Crippen MR) is 57.0 cm³/mol. The first-order valence-electron chi connectivity index (χ1n) is 4.88. The second-order valence-electron chi connectivity index (χ2n) is 5.50. The lowest BCUT2D eigenvalue weighted by Crippen LogP contribution is -2.54. The van der Waals surface area contributed by atoms with Crippen LogP contribution in [-0.2, 0) is 4.74 Å². The molecule has 1 unspecified atom stereocenters. The Bertz CT molecular complexity index is 227. The molecule has 0 saturated carbocycles. The van der Waals surface area contributed by atoms with Crippen molar-refractivity contribution in [2.24, 2.45) is 5.41 Å². The van der Waals surface area contributed by atoms with Crippen molar-refractivity contribution in [3.05, 3.63) is 0 Å². The molecule has 0 aromatic rings. The molecule has 2 nitrogen and oxygen atoms in total. The lowest BCUT2D eigenvalue weighted by atomic mass is 9.86. The summed E-state index contributed by atoms with van der Waals surface area (Å²) in [6, 6.07) is 0. The monoisotopic (exact) mass is 201 g/mol. The predicted octanol–water partition coefficient (Wildman–Crippen LogP) is 1.85. The number of nitrogens with one attached hydrogen (secondary N) is 1. The van der Waals surface area contributed by atoms with Crippen LogP contribution in [0, 0.1) is 5.41 Å². The maximum atomic E-state index is 5.61. The molecule has 0 aromatic heterocycles. The minimum absolute atomic E-state index is 0.163. The minimum Gasteiger partial charge on any atom is -0.378 e. The van der Waals surface area contributed by atoms with Gasteiger partial charge in [-0.3, -0.25) is 5.32 Å². The Morgan fingerprint density at radius 3 is 2.23 bits per heavy atom. The molecule has 3 heteroatoms. The summed E-state index contributed by atoms with van der Waals surface area (Å²) in [4.78, 5) is 0.163. The molecular formula is C10H19NOS. The van der Waals surface area contributed by atoms with Crippen molar-refractivity contribution >= 4 is 11.8 Å². The molecule has 0 aromatic carbocycles. The number of thioether (sulfide) groups is 1. The van der Waals surface area contributed by atoms with Gasteiger partial charge >= 0.3 is 0 Å². The summed E-state index contributed by atoms with van der Waals surface area (Å²) in [5.41, 5.74) is 0.515. The van der Waals surface area contributed by atoms with Crippen LogP contribution in [-0.4, -0.2) is 29.4 Å². The molecule has 2 aliphatic heterocycles. The first-order valence-corrected chi connectivity index (χ1v) is 5.87. The number of rotatable bonds is 0. The van der Waals surface area contributed by atoms with Gasteiger partial charge in [-0.05, 0) is 13.8 Å². The Labute approximate surface area is 84.8 Å². The Kier molecular flexibility index (Phi) is 2.00. The highest BCUT2D eigenvalue weighted by atomic mass is 32.2. The maximum absolute atomic E-state index is 5.61. The molecule has 1 spiro atoms. The molecule has 2 heterocycles. The highest BCUT2D eigenvalue weighted by Gasteiger charge is 2.56. The molecule has 0 bridgehead atoms. The molecule has 2 aliphatic rings. The van der Waals surface area contributed by atoms with Crippen LogP contribution < -0.4 is 5.32 Å². The molecule has 0 radical (unpaired) electrons. The van der Waals surface area contributed by atoms with Crippen molar-refractivity contribution in [3.63, 3.8) is 0 Å². The summed E-state index contributed by atoms with van der Waals surface area (Å²) in [6.07, 6.45) is 0. The lowest BCUT2D eigenvalue weighted by molar-refractivity contribution is 0.166. The Morgan fingerprint density at radius 2 is 1.85 bits per heavy atom. The fourth-order valence-electron chi connectivity index (χ4n) is 2.13. The van der Waals surface area contributed by atoms with E-state index in [0.29, 0.717) is 0 Å². The van der Waals surface area contributed by atoms with Crippen LogP contribution in [0.3, 0.4) is 0 Å². The average Bonchev–Trinajstić information content (AvgIpc) is 2.39. The zero-order valence-corrected chi connectivity index (χ0v) is 9.75. The molecule has 2 fully saturated rings. The lowest BCUT2D eigenvalue weighted by Gasteiger charge is -2.37. The highest BCUT2D eigenvalue weighted by molar-refractivity contribution is 8.01. The Balaban J connectivity index is 2.23. The zero-order valence-electron chi connectivity index (χ0n) is 8.94. The van der Waals surface area contributed by atoms with E-state index < -0.39 is 0 Å². The smallest absolute Gasteiger partial charge is 0.0959 e. The number of ether oxygens (including phenoxy) is 1. The summed E-state index contributed by atoms with van der Waals surface area (Å²) >= 11 is 2.03. The van der Waals surface area contributed by atoms with Gasteiger partial charge in [-0.25, -0.2) is 0 Å². The average molecular weight is 201 g/mol. The van der Waals surface area contributed by atoms with Crippen molar-refractivity contribution in [1.82, 2.24) is 5.32 Å². The Morgan fingerprint density at radius 1 is 1.15 bits per heavy atom. The van der Waals surface area contributed by atoms with E-state index in [1.165, 1.54) is 5.75 Å². The molecule has 2 rings (SSSR count). The quantitative estimate of drug-likeness (QED) is 0.646. The van der Waals surface area contributed by atoms with Crippen molar-refractivity contribution in [1.29, 1.82) is 0 Å². The third-order valence-corrected chi connectivity index (χ3v) is 5.21. The maximum Gasteiger partial charge on any atom is 0.0959 e. The van der Waals surface area contributed by atoms with Gasteiger partial charge in [-0.1, -0.05) is 13.8 Å². The van der Waals surface area contributed by atoms with Gasteiger partial charge in [0.05, 0.1) is 18.1 Å². The Hall–Kier alpha value is 0.270. The third-order valence-electron chi connectivity index (χ3n) is 3.08. The van der Waals surface area contributed by atoms with Crippen LogP contribution in [0.1, 0.15) is 27.7 Å². The van der Waals surface area contributed by atoms with Crippen LogP contribution in [0.15, 0.2) is 0 Å². The molecule has 13 heavy (non-hydrogen) atoms. The SMILES string of the molecule is CC1(C)CSC2(COCC2(C)C)N1. The fourth-order valence-corrected chi connectivity index (χ4v) is 3.77. The summed E-state index contributed by atoms with van der Waals surface area (Å²) in [5, 5.41) is 3.73. The van der Waals surface area contributed by atoms with Crippen molar-refractivity contribution in [2.45, 2.75) is 38.1 Å². The highest BCUT2D eigenvalue weighted by Crippen LogP contribution is 2.50. The van der Waals surface area contributed by atoms with Gasteiger partial charge < -0.3 is 4.74 Å². The first kappa shape index (κ1) is 9.81. The molecule has 1 atom stereocenters. The van der Waals surface area contributed by atoms with E-state index in [1.807, 2.05) is 11.8 Å². The van der Waals surface area contributed by atoms with Gasteiger partial charge in [0, 0.05) is 16.7 Å². The molecule has 2 saturated heterocycles. The van der Waals surface area contributed by atoms with Crippen LogP contribution >= 0.6 is 11.8 Å². The summed E-state index contributed by atoms with van der Waals surface area (Å²) in [6.45, 7) is 10.9. The van der Waals surface area contributed by atoms with Gasteiger partial charge in [-0.15, -0.1) is 11.8 Å². The van der Waals surface area contributed by atoms with Crippen molar-refractivity contribution in [3.8, 4) is 0 Å². The van der Waals surface area contributed by atoms with E-state index in [1.54, 1.807) is 0 Å². The van der Waals surface area contributed by atoms with Crippen molar-refractivity contribution < 1.29 is 4.74 Å². The van der Waals surface area contributed by atoms with E-state index in [9.17, 15) is 0 Å². The van der Waals surface area contributed by atoms with E-state index in [4.69, 9.17) is 4.74 Å². The van der Waals surface area contributed by atoms with Gasteiger partial charge in [-0.2, -0.15) is 0 Å². The van der Waals surface area contributed by atoms with Crippen LogP contribution in [0.25, 0.3) is 0 Å². The van der Waals surface area contributed by atoms with Gasteiger partial charge in [0.2, 0.25) is 0 Å².